The Bertz CT molecular complexity index is 2670. The number of rotatable bonds is 18. The molecule has 67 heavy (non-hydrogen) atoms. The summed E-state index contributed by atoms with van der Waals surface area (Å²) >= 11 is 7.54. The van der Waals surface area contributed by atoms with Crippen molar-refractivity contribution in [1.29, 1.82) is 0 Å². The quantitative estimate of drug-likeness (QED) is 0.0629. The minimum absolute atomic E-state index is 0.0214. The normalized spacial score (nSPS) is 16.7. The topological polar surface area (TPSA) is 160 Å². The van der Waals surface area contributed by atoms with E-state index in [1.807, 2.05) is 83.6 Å². The predicted octanol–water partition coefficient (Wildman–Crippen LogP) is 7.94. The van der Waals surface area contributed by atoms with E-state index in [0.717, 1.165) is 52.5 Å². The number of benzene rings is 5. The van der Waals surface area contributed by atoms with E-state index in [1.165, 1.54) is 23.9 Å². The summed E-state index contributed by atoms with van der Waals surface area (Å²) in [4.78, 5) is 18.5. The zero-order chi connectivity index (χ0) is 47.8. The third-order valence-corrected chi connectivity index (χ3v) is 16.5. The smallest absolute Gasteiger partial charge is 0.395 e. The van der Waals surface area contributed by atoms with E-state index in [-0.39, 0.29) is 18.1 Å². The van der Waals surface area contributed by atoms with Gasteiger partial charge >= 0.3 is 5.51 Å². The number of sulfonamides is 1. The minimum atomic E-state index is -6.09. The van der Waals surface area contributed by atoms with Crippen LogP contribution in [0, 0.1) is 5.92 Å². The number of carbonyl (C=O) groups is 1. The molecule has 0 aliphatic carbocycles. The SMILES string of the molecule is O=C(NS(=O)(=O)c1ccc(NC(CCN2CCN(CCO)CC2)CSc2ccccc2)c(S(=O)(=O)C(F)(F)F)c1)c1ccc(N2CCC([C@@H](O)c3ccccc3-c3ccc(Cl)cc3)CC2)cc1. The van der Waals surface area contributed by atoms with Crippen LogP contribution in [0.15, 0.2) is 136 Å². The van der Waals surface area contributed by atoms with Crippen molar-refractivity contribution in [1.82, 2.24) is 14.5 Å². The Balaban J connectivity index is 1.02. The molecule has 2 aliphatic rings. The second-order valence-corrected chi connectivity index (χ2v) is 21.7. The lowest BCUT2D eigenvalue weighted by Gasteiger charge is -2.36. The third kappa shape index (κ3) is 12.7. The van der Waals surface area contributed by atoms with Gasteiger partial charge in [0.2, 0.25) is 0 Å². The van der Waals surface area contributed by atoms with Gasteiger partial charge in [0, 0.05) is 85.3 Å². The number of anilines is 2. The molecule has 358 valence electrons. The molecule has 5 aromatic rings. The van der Waals surface area contributed by atoms with E-state index < -0.39 is 58.9 Å². The highest BCUT2D eigenvalue weighted by molar-refractivity contribution is 7.99. The number of aliphatic hydroxyl groups is 2. The van der Waals surface area contributed by atoms with Crippen LogP contribution in [0.25, 0.3) is 11.1 Å². The second-order valence-electron chi connectivity index (χ2n) is 16.6. The number of piperidine rings is 1. The van der Waals surface area contributed by atoms with Gasteiger partial charge in [-0.05, 0) is 109 Å². The lowest BCUT2D eigenvalue weighted by atomic mass is 9.84. The number of aliphatic hydroxyl groups excluding tert-OH is 2. The summed E-state index contributed by atoms with van der Waals surface area (Å²) in [6.45, 7) is 5.26. The summed E-state index contributed by atoms with van der Waals surface area (Å²) in [5, 5.41) is 24.4. The summed E-state index contributed by atoms with van der Waals surface area (Å²) in [5.74, 6) is -0.741. The molecule has 0 radical (unpaired) electrons. The maximum absolute atomic E-state index is 14.2. The van der Waals surface area contributed by atoms with Crippen LogP contribution in [0.4, 0.5) is 24.5 Å². The fraction of sp³-hybridized carbons (Fsp3) is 0.354. The number of nitrogens with zero attached hydrogens (tertiary/aromatic N) is 3. The highest BCUT2D eigenvalue weighted by Crippen LogP contribution is 2.39. The molecule has 1 amide bonds. The maximum Gasteiger partial charge on any atom is 0.501 e. The van der Waals surface area contributed by atoms with Crippen LogP contribution in [0.5, 0.6) is 0 Å². The monoisotopic (exact) mass is 999 g/mol. The van der Waals surface area contributed by atoms with Crippen molar-refractivity contribution < 1.29 is 45.0 Å². The van der Waals surface area contributed by atoms with Crippen LogP contribution in [-0.4, -0.2) is 119 Å². The van der Waals surface area contributed by atoms with Crippen LogP contribution in [0.2, 0.25) is 5.02 Å². The number of amides is 1. The van der Waals surface area contributed by atoms with Crippen molar-refractivity contribution in [2.24, 2.45) is 5.92 Å². The molecule has 2 aliphatic heterocycles. The van der Waals surface area contributed by atoms with E-state index in [4.69, 9.17) is 11.6 Å². The van der Waals surface area contributed by atoms with E-state index >= 15 is 0 Å². The molecular formula is C48H53ClF3N5O7S3. The van der Waals surface area contributed by atoms with E-state index in [0.29, 0.717) is 75.4 Å². The molecule has 7 rings (SSSR count). The zero-order valence-electron chi connectivity index (χ0n) is 36.5. The fourth-order valence-electron chi connectivity index (χ4n) is 8.42. The summed E-state index contributed by atoms with van der Waals surface area (Å²) in [6, 6.07) is 32.5. The van der Waals surface area contributed by atoms with Gasteiger partial charge in [0.25, 0.3) is 25.8 Å². The molecule has 0 bridgehead atoms. The van der Waals surface area contributed by atoms with Crippen molar-refractivity contribution in [3.63, 3.8) is 0 Å². The summed E-state index contributed by atoms with van der Waals surface area (Å²) < 4.78 is 98.0. The van der Waals surface area contributed by atoms with Gasteiger partial charge in [-0.15, -0.1) is 11.8 Å². The van der Waals surface area contributed by atoms with Gasteiger partial charge in [-0.1, -0.05) is 66.2 Å². The van der Waals surface area contributed by atoms with E-state index in [2.05, 4.69) is 20.0 Å². The number of hydrogen-bond donors (Lipinski definition) is 4. The molecule has 1 unspecified atom stereocenters. The molecule has 0 aromatic heterocycles. The first-order valence-electron chi connectivity index (χ1n) is 21.9. The molecule has 2 fully saturated rings. The fourth-order valence-corrected chi connectivity index (χ4v) is 11.6. The summed E-state index contributed by atoms with van der Waals surface area (Å²) in [7, 11) is -11.0. The van der Waals surface area contributed by atoms with Gasteiger partial charge in [0.15, 0.2) is 0 Å². The molecule has 0 spiro atoms. The largest absolute Gasteiger partial charge is 0.501 e. The van der Waals surface area contributed by atoms with Crippen LogP contribution >= 0.6 is 23.4 Å². The van der Waals surface area contributed by atoms with Crippen LogP contribution < -0.4 is 14.9 Å². The number of hydrogen-bond acceptors (Lipinski definition) is 12. The Kier molecular flexibility index (Phi) is 16.6. The molecular weight excluding hydrogens is 947 g/mol. The Morgan fingerprint density at radius 2 is 1.42 bits per heavy atom. The summed E-state index contributed by atoms with van der Waals surface area (Å²) in [5.41, 5.74) is -2.77. The lowest BCUT2D eigenvalue weighted by molar-refractivity contribution is -0.0435. The Hall–Kier alpha value is -4.66. The van der Waals surface area contributed by atoms with Crippen LogP contribution in [0.3, 0.4) is 0 Å². The predicted molar refractivity (Wildman–Crippen MR) is 257 cm³/mol. The number of nitrogens with one attached hydrogen (secondary N) is 2. The number of thioether (sulfide) groups is 1. The molecule has 19 heteroatoms. The Morgan fingerprint density at radius 1 is 0.791 bits per heavy atom. The first kappa shape index (κ1) is 50.2. The number of halogens is 4. The molecule has 4 N–H and O–H groups in total. The van der Waals surface area contributed by atoms with Crippen molar-refractivity contribution in [3.05, 3.63) is 137 Å². The molecule has 0 saturated carbocycles. The van der Waals surface area contributed by atoms with Gasteiger partial charge in [-0.3, -0.25) is 9.69 Å². The standard InChI is InChI=1S/C48H53ClF3N5O7S3/c49-37-14-10-34(11-15-37)42-8-4-5-9-43(42)46(59)35-20-24-57(25-21-35)39-16-12-36(13-17-39)47(60)54-67(63,64)41-18-19-44(45(32-41)66(61,62)48(50,51)52)53-38(33-65-40-6-2-1-3-7-40)22-23-55-26-28-56(29-27-55)30-31-58/h1-19,32,35,38,46,53,58-59H,20-31,33H2,(H,54,60)/t38?,46-/m1/s1. The van der Waals surface area contributed by atoms with Gasteiger partial charge in [-0.25, -0.2) is 21.6 Å². The minimum Gasteiger partial charge on any atom is -0.395 e. The second kappa shape index (κ2) is 22.2. The maximum atomic E-state index is 14.2. The lowest BCUT2D eigenvalue weighted by Crippen LogP contribution is -2.48. The number of sulfone groups is 1. The number of β-amino-alcohol motifs (C(OH)–C–C–N with tert-alkyl or cyclic N) is 1. The summed E-state index contributed by atoms with van der Waals surface area (Å²) in [6.07, 6.45) is 1.06. The number of carbonyl (C=O) groups excluding carboxylic acids is 1. The number of alkyl halides is 3. The average molecular weight is 1000 g/mol. The Morgan fingerprint density at radius 3 is 2.06 bits per heavy atom. The number of piperazine rings is 1. The zero-order valence-corrected chi connectivity index (χ0v) is 39.7. The molecule has 5 aromatic carbocycles. The van der Waals surface area contributed by atoms with E-state index in [9.17, 15) is 45.0 Å². The van der Waals surface area contributed by atoms with Crippen molar-refractivity contribution in [2.75, 3.05) is 74.9 Å². The average Bonchev–Trinajstić information content (AvgIpc) is 3.33. The van der Waals surface area contributed by atoms with Gasteiger partial charge in [0.05, 0.1) is 23.3 Å². The molecule has 12 nitrogen and oxygen atoms in total. The van der Waals surface area contributed by atoms with Crippen LogP contribution in [-0.2, 0) is 19.9 Å². The first-order chi connectivity index (χ1) is 32.0. The van der Waals surface area contributed by atoms with Gasteiger partial charge in [0.1, 0.15) is 4.90 Å². The van der Waals surface area contributed by atoms with Crippen molar-refractivity contribution >= 4 is 60.5 Å². The highest BCUT2D eigenvalue weighted by atomic mass is 35.5. The van der Waals surface area contributed by atoms with E-state index in [1.54, 1.807) is 12.1 Å². The first-order valence-corrected chi connectivity index (χ1v) is 26.3. The van der Waals surface area contributed by atoms with Crippen LogP contribution in [0.1, 0.15) is 41.3 Å². The van der Waals surface area contributed by atoms with Crippen molar-refractivity contribution in [2.45, 2.75) is 51.6 Å². The molecule has 2 saturated heterocycles. The molecule has 2 heterocycles. The van der Waals surface area contributed by atoms with Gasteiger partial charge in [-0.2, -0.15) is 13.2 Å². The third-order valence-electron chi connectivity index (χ3n) is 12.2. The Labute approximate surface area is 399 Å². The van der Waals surface area contributed by atoms with Crippen molar-refractivity contribution in [3.8, 4) is 11.1 Å². The van der Waals surface area contributed by atoms with Gasteiger partial charge < -0.3 is 25.3 Å². The highest BCUT2D eigenvalue weighted by Gasteiger charge is 2.48. The molecule has 2 atom stereocenters.